The van der Waals surface area contributed by atoms with Crippen molar-refractivity contribution in [2.75, 3.05) is 20.1 Å². The molecule has 1 unspecified atom stereocenters. The van der Waals surface area contributed by atoms with E-state index in [9.17, 15) is 9.90 Å². The summed E-state index contributed by atoms with van der Waals surface area (Å²) in [4.78, 5) is 11.6. The first kappa shape index (κ1) is 17.2. The molecule has 1 amide bonds. The van der Waals surface area contributed by atoms with E-state index < -0.39 is 11.5 Å². The first-order chi connectivity index (χ1) is 9.27. The van der Waals surface area contributed by atoms with Gasteiger partial charge < -0.3 is 15.7 Å². The van der Waals surface area contributed by atoms with Crippen LogP contribution in [0.3, 0.4) is 0 Å². The predicted octanol–water partition coefficient (Wildman–Crippen LogP) is 2.39. The van der Waals surface area contributed by atoms with Gasteiger partial charge in [0.05, 0.1) is 11.5 Å². The van der Waals surface area contributed by atoms with Gasteiger partial charge in [0.1, 0.15) is 0 Å². The second-order valence-electron chi connectivity index (χ2n) is 5.28. The number of hydrogen-bond acceptors (Lipinski definition) is 3. The van der Waals surface area contributed by atoms with Gasteiger partial charge in [-0.2, -0.15) is 0 Å². The number of carbonyl (C=O) groups is 1. The molecule has 0 aliphatic carbocycles. The Balaban J connectivity index is 2.58. The molecule has 0 bridgehead atoms. The normalized spacial score (nSPS) is 13.1. The Morgan fingerprint density at radius 1 is 1.40 bits per heavy atom. The Morgan fingerprint density at radius 2 is 2.05 bits per heavy atom. The Labute approximate surface area is 129 Å². The fourth-order valence-electron chi connectivity index (χ4n) is 1.82. The van der Waals surface area contributed by atoms with Crippen molar-refractivity contribution >= 4 is 29.1 Å². The fourth-order valence-corrected chi connectivity index (χ4v) is 2.24. The summed E-state index contributed by atoms with van der Waals surface area (Å²) in [5, 5.41) is 16.8. The lowest BCUT2D eigenvalue weighted by Crippen LogP contribution is -2.42. The Hall–Kier alpha value is -0.810. The first-order valence-corrected chi connectivity index (χ1v) is 7.09. The average molecular weight is 319 g/mol. The maximum absolute atomic E-state index is 11.6. The van der Waals surface area contributed by atoms with Gasteiger partial charge >= 0.3 is 0 Å². The van der Waals surface area contributed by atoms with Gasteiger partial charge in [-0.1, -0.05) is 23.2 Å². The maximum atomic E-state index is 11.6. The lowest BCUT2D eigenvalue weighted by atomic mass is 9.92. The maximum Gasteiger partial charge on any atom is 0.226 e. The number of aliphatic hydroxyl groups is 1. The molecule has 20 heavy (non-hydrogen) atoms. The highest BCUT2D eigenvalue weighted by atomic mass is 35.5. The van der Waals surface area contributed by atoms with Crippen LogP contribution < -0.4 is 10.6 Å². The molecule has 0 aromatic heterocycles. The van der Waals surface area contributed by atoms with Crippen molar-refractivity contribution < 1.29 is 9.90 Å². The minimum Gasteiger partial charge on any atom is -0.387 e. The van der Waals surface area contributed by atoms with Gasteiger partial charge in [0.2, 0.25) is 5.91 Å². The summed E-state index contributed by atoms with van der Waals surface area (Å²) in [6.07, 6.45) is -0.776. The Kier molecular flexibility index (Phi) is 6.27. The lowest BCUT2D eigenvalue weighted by molar-refractivity contribution is -0.128. The lowest BCUT2D eigenvalue weighted by Gasteiger charge is -2.24. The van der Waals surface area contributed by atoms with Crippen molar-refractivity contribution in [2.24, 2.45) is 5.41 Å². The van der Waals surface area contributed by atoms with Crippen molar-refractivity contribution in [1.29, 1.82) is 0 Å². The van der Waals surface area contributed by atoms with Crippen LogP contribution in [0.4, 0.5) is 0 Å². The van der Waals surface area contributed by atoms with Crippen molar-refractivity contribution in [3.05, 3.63) is 33.8 Å². The summed E-state index contributed by atoms with van der Waals surface area (Å²) in [5.74, 6) is -0.0553. The monoisotopic (exact) mass is 318 g/mol. The average Bonchev–Trinajstić information content (AvgIpc) is 2.40. The smallest absolute Gasteiger partial charge is 0.226 e. The van der Waals surface area contributed by atoms with Gasteiger partial charge in [0.15, 0.2) is 0 Å². The number of halogens is 2. The molecule has 1 rings (SSSR count). The van der Waals surface area contributed by atoms with Gasteiger partial charge in [-0.25, -0.2) is 0 Å². The van der Waals surface area contributed by atoms with E-state index in [0.29, 0.717) is 28.7 Å². The second-order valence-corrected chi connectivity index (χ2v) is 6.12. The number of amides is 1. The molecule has 1 atom stereocenters. The fraction of sp³-hybridized carbons (Fsp3) is 0.500. The van der Waals surface area contributed by atoms with Crippen LogP contribution in [-0.4, -0.2) is 31.2 Å². The van der Waals surface area contributed by atoms with Crippen LogP contribution in [0.15, 0.2) is 18.2 Å². The van der Waals surface area contributed by atoms with Gasteiger partial charge in [0, 0.05) is 35.7 Å². The highest BCUT2D eigenvalue weighted by molar-refractivity contribution is 6.33. The molecule has 1 aromatic rings. The Morgan fingerprint density at radius 3 is 2.65 bits per heavy atom. The van der Waals surface area contributed by atoms with E-state index >= 15 is 0 Å². The molecule has 0 fully saturated rings. The van der Waals surface area contributed by atoms with Crippen LogP contribution in [0.5, 0.6) is 0 Å². The zero-order valence-electron chi connectivity index (χ0n) is 11.8. The van der Waals surface area contributed by atoms with E-state index in [1.807, 2.05) is 13.8 Å². The van der Waals surface area contributed by atoms with Crippen LogP contribution in [0, 0.1) is 5.41 Å². The molecule has 0 spiro atoms. The zero-order valence-corrected chi connectivity index (χ0v) is 13.3. The number of aliphatic hydroxyl groups excluding tert-OH is 1. The minimum atomic E-state index is -0.776. The molecule has 0 saturated heterocycles. The highest BCUT2D eigenvalue weighted by Gasteiger charge is 2.26. The summed E-state index contributed by atoms with van der Waals surface area (Å²) < 4.78 is 0. The molecule has 112 valence electrons. The van der Waals surface area contributed by atoms with Crippen molar-refractivity contribution in [3.63, 3.8) is 0 Å². The topological polar surface area (TPSA) is 61.4 Å². The number of benzene rings is 1. The minimum absolute atomic E-state index is 0.0553. The van der Waals surface area contributed by atoms with E-state index in [1.54, 1.807) is 25.2 Å². The summed E-state index contributed by atoms with van der Waals surface area (Å²) in [6, 6.07) is 4.96. The predicted molar refractivity (Wildman–Crippen MR) is 82.1 cm³/mol. The van der Waals surface area contributed by atoms with Crippen LogP contribution in [0.1, 0.15) is 25.5 Å². The molecule has 0 aliphatic rings. The molecule has 6 heteroatoms. The number of rotatable bonds is 6. The van der Waals surface area contributed by atoms with Gasteiger partial charge in [-0.15, -0.1) is 0 Å². The van der Waals surface area contributed by atoms with Gasteiger partial charge in [-0.3, -0.25) is 4.79 Å². The molecule has 3 N–H and O–H groups in total. The molecule has 4 nitrogen and oxygen atoms in total. The van der Waals surface area contributed by atoms with Crippen LogP contribution >= 0.6 is 23.2 Å². The largest absolute Gasteiger partial charge is 0.387 e. The molecule has 1 aromatic carbocycles. The van der Waals surface area contributed by atoms with Crippen molar-refractivity contribution in [2.45, 2.75) is 20.0 Å². The van der Waals surface area contributed by atoms with Gasteiger partial charge in [-0.05, 0) is 32.0 Å². The molecule has 0 heterocycles. The zero-order chi connectivity index (χ0) is 15.3. The van der Waals surface area contributed by atoms with E-state index in [0.717, 1.165) is 0 Å². The summed E-state index contributed by atoms with van der Waals surface area (Å²) >= 11 is 11.9. The SMILES string of the molecule is CNC(=O)C(C)(C)CNCC(O)c1cc(Cl)ccc1Cl. The third-order valence-electron chi connectivity index (χ3n) is 3.06. The Bertz CT molecular complexity index is 478. The number of hydrogen-bond donors (Lipinski definition) is 3. The molecule has 0 saturated carbocycles. The third-order valence-corrected chi connectivity index (χ3v) is 3.64. The molecular weight excluding hydrogens is 299 g/mol. The quantitative estimate of drug-likeness (QED) is 0.754. The number of carbonyl (C=O) groups excluding carboxylic acids is 1. The third kappa shape index (κ3) is 4.63. The summed E-state index contributed by atoms with van der Waals surface area (Å²) in [6.45, 7) is 4.40. The van der Waals surface area contributed by atoms with Crippen molar-refractivity contribution in [1.82, 2.24) is 10.6 Å². The second kappa shape index (κ2) is 7.27. The number of nitrogens with one attached hydrogen (secondary N) is 2. The standard InChI is InChI=1S/C14H20Cl2N2O2/c1-14(2,13(20)17-3)8-18-7-12(19)10-6-9(15)4-5-11(10)16/h4-6,12,18-19H,7-8H2,1-3H3,(H,17,20). The van der Waals surface area contributed by atoms with E-state index in [2.05, 4.69) is 10.6 Å². The first-order valence-electron chi connectivity index (χ1n) is 6.34. The summed E-state index contributed by atoms with van der Waals surface area (Å²) in [7, 11) is 1.60. The van der Waals surface area contributed by atoms with Crippen LogP contribution in [0.25, 0.3) is 0 Å². The molecule has 0 aliphatic heterocycles. The van der Waals surface area contributed by atoms with E-state index in [1.165, 1.54) is 0 Å². The van der Waals surface area contributed by atoms with Gasteiger partial charge in [0.25, 0.3) is 0 Å². The highest BCUT2D eigenvalue weighted by Crippen LogP contribution is 2.26. The van der Waals surface area contributed by atoms with Crippen molar-refractivity contribution in [3.8, 4) is 0 Å². The molecule has 0 radical (unpaired) electrons. The van der Waals surface area contributed by atoms with E-state index in [4.69, 9.17) is 23.2 Å². The summed E-state index contributed by atoms with van der Waals surface area (Å²) in [5.41, 5.74) is 0.0245. The molecular formula is C14H20Cl2N2O2. The van der Waals surface area contributed by atoms with E-state index in [-0.39, 0.29) is 5.91 Å². The van der Waals surface area contributed by atoms with Crippen LogP contribution in [0.2, 0.25) is 10.0 Å². The van der Waals surface area contributed by atoms with Crippen LogP contribution in [-0.2, 0) is 4.79 Å².